The Balaban J connectivity index is 2.23. The zero-order chi connectivity index (χ0) is 37.1. The fraction of sp³-hybridized carbons (Fsp3) is 0.960. The Morgan fingerprint density at radius 3 is 2.04 bits per heavy atom. The number of ether oxygens (including phenoxy) is 4. The first-order valence-electron chi connectivity index (χ1n) is 15.1. The van der Waals surface area contributed by atoms with Gasteiger partial charge in [-0.3, -0.25) is 13.8 Å². The number of carbonyl (C=O) groups is 1. The topological polar surface area (TPSA) is 377 Å². The molecule has 0 aliphatic carbocycles. The fourth-order valence-electron chi connectivity index (χ4n) is 4.80. The van der Waals surface area contributed by atoms with Crippen LogP contribution in [0.4, 0.5) is 0 Å². The molecule has 49 heavy (non-hydrogen) atoms. The van der Waals surface area contributed by atoms with Gasteiger partial charge in [0.05, 0.1) is 39.6 Å². The van der Waals surface area contributed by atoms with Gasteiger partial charge < -0.3 is 95.8 Å². The molecular formula is C25H49N2O21P. The minimum absolute atomic E-state index is 0.251. The van der Waals surface area contributed by atoms with Gasteiger partial charge >= 0.3 is 7.82 Å². The van der Waals surface area contributed by atoms with Crippen molar-refractivity contribution in [3.63, 3.8) is 0 Å². The highest BCUT2D eigenvalue weighted by atomic mass is 31.2. The van der Waals surface area contributed by atoms with Crippen LogP contribution in [0.5, 0.6) is 0 Å². The molecule has 0 spiro atoms. The predicted molar refractivity (Wildman–Crippen MR) is 156 cm³/mol. The molecule has 0 aromatic rings. The molecule has 2 aliphatic heterocycles. The van der Waals surface area contributed by atoms with Gasteiger partial charge in [0, 0.05) is 20.0 Å². The molecule has 24 heteroatoms. The average molecular weight is 745 g/mol. The van der Waals surface area contributed by atoms with Gasteiger partial charge in [-0.15, -0.1) is 0 Å². The van der Waals surface area contributed by atoms with E-state index in [0.29, 0.717) is 0 Å². The second-order valence-corrected chi connectivity index (χ2v) is 12.7. The van der Waals surface area contributed by atoms with Crippen molar-refractivity contribution >= 4 is 13.7 Å². The van der Waals surface area contributed by atoms with Crippen LogP contribution < -0.4 is 10.6 Å². The summed E-state index contributed by atoms with van der Waals surface area (Å²) in [6, 6.07) is -1.58. The molecule has 2 unspecified atom stereocenters. The molecule has 0 radical (unpaired) electrons. The summed E-state index contributed by atoms with van der Waals surface area (Å²) >= 11 is 0. The van der Waals surface area contributed by atoms with Crippen LogP contribution in [0.15, 0.2) is 0 Å². The molecule has 23 nitrogen and oxygen atoms in total. The Labute approximate surface area is 279 Å². The van der Waals surface area contributed by atoms with E-state index in [1.807, 2.05) is 0 Å². The smallest absolute Gasteiger partial charge is 0.394 e. The minimum atomic E-state index is -4.66. The summed E-state index contributed by atoms with van der Waals surface area (Å²) in [6.07, 6.45) is -24.5. The van der Waals surface area contributed by atoms with Crippen LogP contribution in [0.3, 0.4) is 0 Å². The monoisotopic (exact) mass is 744 g/mol. The summed E-state index contributed by atoms with van der Waals surface area (Å²) in [5.41, 5.74) is 0. The van der Waals surface area contributed by atoms with Gasteiger partial charge in [-0.25, -0.2) is 4.57 Å². The average Bonchev–Trinajstić information content (AvgIpc) is 3.07. The number of phosphoric acid groups is 1. The standard InChI is InChI=1S/C25H49N2O21P/c1-10(32)27-16-20(38)23(48-25-22(40)21(39)19(37)14(7-30)46-25)15(8-31)47-24(16)45-13(18(36)17(35)12(34)6-29)4-26-2-3-43-49(41,42)44-9-11(33)5-28/h11-26,28-31,33-40H,2-9H2,1H3,(H,27,32)(H,41,42)/t11?,12-,13-,14-,15-,16-,17-,18-,19+,20-,21+,22-,23-,24-,25+/m1/s1. The van der Waals surface area contributed by atoms with Crippen LogP contribution in [0.1, 0.15) is 6.92 Å². The van der Waals surface area contributed by atoms with E-state index < -0.39 is 152 Å². The highest BCUT2D eigenvalue weighted by molar-refractivity contribution is 7.47. The molecule has 0 saturated carbocycles. The first-order valence-corrected chi connectivity index (χ1v) is 16.6. The molecular weight excluding hydrogens is 695 g/mol. The minimum Gasteiger partial charge on any atom is -0.394 e. The molecule has 1 amide bonds. The lowest BCUT2D eigenvalue weighted by Gasteiger charge is -2.48. The summed E-state index contributed by atoms with van der Waals surface area (Å²) in [6.45, 7) is -4.31. The van der Waals surface area contributed by atoms with Crippen molar-refractivity contribution in [2.45, 2.75) is 98.8 Å². The van der Waals surface area contributed by atoms with E-state index in [2.05, 4.69) is 15.2 Å². The fourth-order valence-corrected chi connectivity index (χ4v) is 5.56. The number of nitrogens with one attached hydrogen (secondary N) is 2. The summed E-state index contributed by atoms with van der Waals surface area (Å²) < 4.78 is 43.6. The van der Waals surface area contributed by atoms with Crippen LogP contribution in [0.25, 0.3) is 0 Å². The molecule has 2 fully saturated rings. The maximum absolute atomic E-state index is 12.1. The van der Waals surface area contributed by atoms with Crippen LogP contribution >= 0.6 is 7.82 Å². The van der Waals surface area contributed by atoms with E-state index >= 15 is 0 Å². The third-order valence-electron chi connectivity index (χ3n) is 7.50. The van der Waals surface area contributed by atoms with Crippen LogP contribution in [-0.2, 0) is 37.4 Å². The second-order valence-electron chi connectivity index (χ2n) is 11.3. The second kappa shape index (κ2) is 20.8. The number of hydrogen-bond acceptors (Lipinski definition) is 21. The number of aliphatic hydroxyl groups excluding tert-OH is 12. The van der Waals surface area contributed by atoms with Crippen molar-refractivity contribution in [3.8, 4) is 0 Å². The number of rotatable bonds is 21. The van der Waals surface area contributed by atoms with Crippen molar-refractivity contribution < 1.29 is 104 Å². The van der Waals surface area contributed by atoms with Crippen molar-refractivity contribution in [2.24, 2.45) is 0 Å². The van der Waals surface area contributed by atoms with Gasteiger partial charge in [0.25, 0.3) is 0 Å². The first-order chi connectivity index (χ1) is 23.0. The van der Waals surface area contributed by atoms with E-state index in [4.69, 9.17) is 28.6 Å². The van der Waals surface area contributed by atoms with E-state index in [1.165, 1.54) is 0 Å². The van der Waals surface area contributed by atoms with Crippen LogP contribution in [0, 0.1) is 0 Å². The molecule has 290 valence electrons. The Morgan fingerprint density at radius 1 is 0.837 bits per heavy atom. The summed E-state index contributed by atoms with van der Waals surface area (Å²) in [4.78, 5) is 21.8. The van der Waals surface area contributed by atoms with Gasteiger partial charge in [0.1, 0.15) is 79.3 Å². The van der Waals surface area contributed by atoms with E-state index in [0.717, 1.165) is 6.92 Å². The van der Waals surface area contributed by atoms with Crippen molar-refractivity contribution in [3.05, 3.63) is 0 Å². The van der Waals surface area contributed by atoms with E-state index in [-0.39, 0.29) is 6.54 Å². The third kappa shape index (κ3) is 12.8. The lowest BCUT2D eigenvalue weighted by molar-refractivity contribution is -0.352. The van der Waals surface area contributed by atoms with Crippen LogP contribution in [0.2, 0.25) is 0 Å². The molecule has 2 rings (SSSR count). The molecule has 15 N–H and O–H groups in total. The predicted octanol–water partition coefficient (Wildman–Crippen LogP) is -8.71. The Kier molecular flexibility index (Phi) is 18.7. The Bertz CT molecular complexity index is 1020. The molecule has 0 bridgehead atoms. The summed E-state index contributed by atoms with van der Waals surface area (Å²) in [5, 5.41) is 125. The van der Waals surface area contributed by atoms with Gasteiger partial charge in [-0.1, -0.05) is 0 Å². The number of carbonyl (C=O) groups excluding carboxylic acids is 1. The number of hydrogen-bond donors (Lipinski definition) is 15. The third-order valence-corrected chi connectivity index (χ3v) is 8.49. The zero-order valence-electron chi connectivity index (χ0n) is 26.3. The largest absolute Gasteiger partial charge is 0.472 e. The number of phosphoric ester groups is 1. The molecule has 2 heterocycles. The summed E-state index contributed by atoms with van der Waals surface area (Å²) in [5.74, 6) is -0.749. The maximum atomic E-state index is 12.1. The van der Waals surface area contributed by atoms with Crippen LogP contribution in [-0.4, -0.2) is 217 Å². The van der Waals surface area contributed by atoms with Crippen molar-refractivity contribution in [1.82, 2.24) is 10.6 Å². The number of amides is 1. The van der Waals surface area contributed by atoms with Gasteiger partial charge in [-0.05, 0) is 0 Å². The number of aliphatic hydroxyl groups is 12. The first kappa shape index (κ1) is 44.1. The van der Waals surface area contributed by atoms with Crippen molar-refractivity contribution in [2.75, 3.05) is 52.7 Å². The molecule has 0 aromatic carbocycles. The highest BCUT2D eigenvalue weighted by Gasteiger charge is 2.52. The maximum Gasteiger partial charge on any atom is 0.472 e. The SMILES string of the molecule is CC(=O)N[C@H]1[C@H](O[C@H](CNCCOP(=O)(O)OCC(O)CO)[C@@H](O)[C@H](O)[C@H](O)CO)O[C@H](CO)[C@@H](O[C@@H]2O[C@H](CO)[C@H](O)[C@H](O)[C@H]2O)[C@@H]1O. The molecule has 2 saturated heterocycles. The van der Waals surface area contributed by atoms with Gasteiger partial charge in [0.15, 0.2) is 12.6 Å². The molecule has 16 atom stereocenters. The summed E-state index contributed by atoms with van der Waals surface area (Å²) in [7, 11) is -4.66. The molecule has 2 aliphatic rings. The normalized spacial score (nSPS) is 35.1. The van der Waals surface area contributed by atoms with Gasteiger partial charge in [0.2, 0.25) is 5.91 Å². The lowest BCUT2D eigenvalue weighted by atomic mass is 9.95. The Morgan fingerprint density at radius 2 is 1.47 bits per heavy atom. The van der Waals surface area contributed by atoms with Crippen molar-refractivity contribution in [1.29, 1.82) is 0 Å². The zero-order valence-corrected chi connectivity index (χ0v) is 27.2. The quantitative estimate of drug-likeness (QED) is 0.0383. The lowest BCUT2D eigenvalue weighted by Crippen LogP contribution is -2.68. The van der Waals surface area contributed by atoms with Gasteiger partial charge in [-0.2, -0.15) is 0 Å². The van der Waals surface area contributed by atoms with E-state index in [9.17, 15) is 70.4 Å². The van der Waals surface area contributed by atoms with E-state index in [1.54, 1.807) is 0 Å². The molecule has 0 aromatic heterocycles. The highest BCUT2D eigenvalue weighted by Crippen LogP contribution is 2.42. The Hall–Kier alpha value is -1.10.